The Balaban J connectivity index is 1.56. The van der Waals surface area contributed by atoms with Gasteiger partial charge in [-0.1, -0.05) is 60.7 Å². The maximum Gasteiger partial charge on any atom is 0.279 e. The van der Waals surface area contributed by atoms with Gasteiger partial charge in [0.05, 0.1) is 16.3 Å². The lowest BCUT2D eigenvalue weighted by atomic mass is 10.1. The van der Waals surface area contributed by atoms with Crippen molar-refractivity contribution in [2.24, 2.45) is 4.99 Å². The molecule has 0 aromatic heterocycles. The van der Waals surface area contributed by atoms with Crippen molar-refractivity contribution in [1.82, 2.24) is 0 Å². The predicted octanol–water partition coefficient (Wildman–Crippen LogP) is 5.86. The normalized spacial score (nSPS) is 13.7. The van der Waals surface area contributed by atoms with Crippen LogP contribution in [-0.4, -0.2) is 23.2 Å². The molecule has 0 unspecified atom stereocenters. The molecule has 0 radical (unpaired) electrons. The third-order valence-corrected chi connectivity index (χ3v) is 5.60. The van der Waals surface area contributed by atoms with E-state index in [-0.39, 0.29) is 24.0 Å². The number of para-hydroxylation sites is 3. The Morgan fingerprint density at radius 3 is 2.06 bits per heavy atom. The molecular weight excluding hydrogens is 428 g/mol. The summed E-state index contributed by atoms with van der Waals surface area (Å²) in [6.45, 7) is 0.276. The molecule has 166 valence electrons. The number of carbonyl (C=O) groups is 1. The number of benzene rings is 4. The molecule has 7 heteroatoms. The first-order valence-electron chi connectivity index (χ1n) is 10.7. The van der Waals surface area contributed by atoms with Crippen LogP contribution in [0.3, 0.4) is 0 Å². The van der Waals surface area contributed by atoms with Crippen molar-refractivity contribution in [2.45, 2.75) is 0 Å². The first kappa shape index (κ1) is 21.1. The standard InChI is InChI=1S/C27H20N4O3/c32-27-26(28-20-10-9-15-23(18-20)31(33)34)24-16-7-8-17-25(24)30(27)19-29(21-11-3-1-4-12-21)22-13-5-2-6-14-22/h1-18H,19H2. The zero-order valence-corrected chi connectivity index (χ0v) is 18.1. The fraction of sp³-hybridized carbons (Fsp3) is 0.0370. The lowest BCUT2D eigenvalue weighted by Gasteiger charge is -2.30. The van der Waals surface area contributed by atoms with E-state index in [1.54, 1.807) is 17.0 Å². The van der Waals surface area contributed by atoms with E-state index in [2.05, 4.69) is 9.89 Å². The largest absolute Gasteiger partial charge is 0.323 e. The fourth-order valence-electron chi connectivity index (χ4n) is 3.99. The van der Waals surface area contributed by atoms with Gasteiger partial charge in [0.1, 0.15) is 12.4 Å². The number of hydrogen-bond acceptors (Lipinski definition) is 5. The number of nitrogens with zero attached hydrogens (tertiary/aromatic N) is 4. The smallest absolute Gasteiger partial charge is 0.279 e. The minimum absolute atomic E-state index is 0.0724. The minimum Gasteiger partial charge on any atom is -0.323 e. The molecule has 4 aromatic carbocycles. The summed E-state index contributed by atoms with van der Waals surface area (Å²) >= 11 is 0. The van der Waals surface area contributed by atoms with Crippen molar-refractivity contribution in [1.29, 1.82) is 0 Å². The van der Waals surface area contributed by atoms with Crippen molar-refractivity contribution in [3.05, 3.63) is 125 Å². The van der Waals surface area contributed by atoms with Crippen molar-refractivity contribution >= 4 is 40.1 Å². The molecule has 0 bridgehead atoms. The quantitative estimate of drug-likeness (QED) is 0.273. The molecule has 0 fully saturated rings. The highest BCUT2D eigenvalue weighted by Crippen LogP contribution is 2.34. The predicted molar refractivity (Wildman–Crippen MR) is 133 cm³/mol. The van der Waals surface area contributed by atoms with Crippen molar-refractivity contribution < 1.29 is 9.72 Å². The summed E-state index contributed by atoms with van der Waals surface area (Å²) in [6, 6.07) is 33.2. The van der Waals surface area contributed by atoms with Gasteiger partial charge in [0.15, 0.2) is 0 Å². The van der Waals surface area contributed by atoms with Crippen LogP contribution in [0.15, 0.2) is 114 Å². The van der Waals surface area contributed by atoms with Crippen LogP contribution in [0.5, 0.6) is 0 Å². The molecule has 4 aromatic rings. The molecule has 0 saturated heterocycles. The maximum atomic E-state index is 13.6. The summed E-state index contributed by atoms with van der Waals surface area (Å²) in [6.07, 6.45) is 0. The van der Waals surface area contributed by atoms with Crippen LogP contribution >= 0.6 is 0 Å². The average Bonchev–Trinajstić information content (AvgIpc) is 3.14. The summed E-state index contributed by atoms with van der Waals surface area (Å²) in [7, 11) is 0. The number of non-ortho nitro benzene ring substituents is 1. The number of carbonyl (C=O) groups excluding carboxylic acids is 1. The van der Waals surface area contributed by atoms with Gasteiger partial charge in [-0.05, 0) is 36.4 Å². The van der Waals surface area contributed by atoms with Gasteiger partial charge in [-0.2, -0.15) is 0 Å². The second kappa shape index (κ2) is 8.99. The molecule has 7 nitrogen and oxygen atoms in total. The number of rotatable bonds is 6. The Hall–Kier alpha value is -4.78. The minimum atomic E-state index is -0.474. The van der Waals surface area contributed by atoms with E-state index in [9.17, 15) is 14.9 Å². The van der Waals surface area contributed by atoms with Crippen molar-refractivity contribution in [3.63, 3.8) is 0 Å². The summed E-state index contributed by atoms with van der Waals surface area (Å²) in [5, 5.41) is 11.2. The Kier molecular flexibility index (Phi) is 5.58. The van der Waals surface area contributed by atoms with Gasteiger partial charge in [-0.15, -0.1) is 0 Å². The molecule has 0 aliphatic carbocycles. The molecule has 0 atom stereocenters. The molecule has 1 aliphatic rings. The van der Waals surface area contributed by atoms with Crippen LogP contribution in [0.4, 0.5) is 28.4 Å². The topological polar surface area (TPSA) is 79.0 Å². The molecule has 0 spiro atoms. The van der Waals surface area contributed by atoms with Crippen LogP contribution < -0.4 is 9.80 Å². The number of aliphatic imine (C=N–C) groups is 1. The van der Waals surface area contributed by atoms with Gasteiger partial charge in [0.2, 0.25) is 0 Å². The Morgan fingerprint density at radius 2 is 1.41 bits per heavy atom. The van der Waals surface area contributed by atoms with Crippen LogP contribution in [0.2, 0.25) is 0 Å². The Bertz CT molecular complexity index is 1350. The number of hydrogen-bond donors (Lipinski definition) is 0. The maximum absolute atomic E-state index is 13.6. The van der Waals surface area contributed by atoms with Crippen LogP contribution in [0.1, 0.15) is 5.56 Å². The van der Waals surface area contributed by atoms with Gasteiger partial charge in [-0.25, -0.2) is 4.99 Å². The van der Waals surface area contributed by atoms with E-state index in [1.165, 1.54) is 12.1 Å². The van der Waals surface area contributed by atoms with Gasteiger partial charge >= 0.3 is 0 Å². The van der Waals surface area contributed by atoms with Crippen LogP contribution in [-0.2, 0) is 4.79 Å². The van der Waals surface area contributed by atoms with E-state index in [1.807, 2.05) is 84.9 Å². The SMILES string of the molecule is O=C1C(=Nc2cccc([N+](=O)[O-])c2)c2ccccc2N1CN(c1ccccc1)c1ccccc1. The second-order valence-electron chi connectivity index (χ2n) is 7.73. The van der Waals surface area contributed by atoms with Gasteiger partial charge < -0.3 is 4.90 Å². The second-order valence-corrected chi connectivity index (χ2v) is 7.73. The van der Waals surface area contributed by atoms with E-state index in [0.717, 1.165) is 17.1 Å². The molecule has 5 rings (SSSR count). The number of nitro benzene ring substituents is 1. The van der Waals surface area contributed by atoms with E-state index in [0.29, 0.717) is 11.3 Å². The van der Waals surface area contributed by atoms with E-state index < -0.39 is 4.92 Å². The number of fused-ring (bicyclic) bond motifs is 1. The Morgan fingerprint density at radius 1 is 0.794 bits per heavy atom. The average molecular weight is 448 g/mol. The first-order valence-corrected chi connectivity index (χ1v) is 10.7. The lowest BCUT2D eigenvalue weighted by molar-refractivity contribution is -0.384. The molecule has 1 amide bonds. The van der Waals surface area contributed by atoms with Crippen molar-refractivity contribution in [2.75, 3.05) is 16.5 Å². The lowest BCUT2D eigenvalue weighted by Crippen LogP contribution is -2.39. The summed E-state index contributed by atoms with van der Waals surface area (Å²) in [4.78, 5) is 32.6. The van der Waals surface area contributed by atoms with Crippen LogP contribution in [0.25, 0.3) is 0 Å². The molecule has 0 saturated carbocycles. The van der Waals surface area contributed by atoms with Crippen LogP contribution in [0, 0.1) is 10.1 Å². The molecule has 1 heterocycles. The van der Waals surface area contributed by atoms with Crippen molar-refractivity contribution in [3.8, 4) is 0 Å². The zero-order valence-electron chi connectivity index (χ0n) is 18.1. The summed E-state index contributed by atoms with van der Waals surface area (Å²) < 4.78 is 0. The monoisotopic (exact) mass is 448 g/mol. The number of amides is 1. The highest BCUT2D eigenvalue weighted by molar-refractivity contribution is 6.54. The van der Waals surface area contributed by atoms with Gasteiger partial charge in [0.25, 0.3) is 11.6 Å². The summed E-state index contributed by atoms with van der Waals surface area (Å²) in [5.74, 6) is -0.260. The fourth-order valence-corrected chi connectivity index (χ4v) is 3.99. The summed E-state index contributed by atoms with van der Waals surface area (Å²) in [5.41, 5.74) is 3.88. The van der Waals surface area contributed by atoms with Gasteiger partial charge in [-0.3, -0.25) is 19.8 Å². The highest BCUT2D eigenvalue weighted by atomic mass is 16.6. The van der Waals surface area contributed by atoms with Gasteiger partial charge in [0, 0.05) is 29.1 Å². The molecule has 34 heavy (non-hydrogen) atoms. The third-order valence-electron chi connectivity index (χ3n) is 5.60. The molecule has 0 N–H and O–H groups in total. The zero-order chi connectivity index (χ0) is 23.5. The van der Waals surface area contributed by atoms with E-state index in [4.69, 9.17) is 0 Å². The number of anilines is 3. The number of nitro groups is 1. The van der Waals surface area contributed by atoms with E-state index >= 15 is 0 Å². The first-order chi connectivity index (χ1) is 16.6. The molecule has 1 aliphatic heterocycles. The third kappa shape index (κ3) is 4.02. The molecular formula is C27H20N4O3. The highest BCUT2D eigenvalue weighted by Gasteiger charge is 2.35. The Labute approximate surface area is 196 Å².